The van der Waals surface area contributed by atoms with Crippen LogP contribution in [-0.4, -0.2) is 9.97 Å². The third kappa shape index (κ3) is 0.952. The molecule has 0 aliphatic heterocycles. The summed E-state index contributed by atoms with van der Waals surface area (Å²) in [6.45, 7) is 1.86. The molecule has 11 heavy (non-hydrogen) atoms. The van der Waals surface area contributed by atoms with Crippen LogP contribution in [0.3, 0.4) is 0 Å². The quantitative estimate of drug-likeness (QED) is 0.644. The van der Waals surface area contributed by atoms with Gasteiger partial charge in [-0.3, -0.25) is 0 Å². The van der Waals surface area contributed by atoms with Crippen molar-refractivity contribution in [1.82, 2.24) is 9.97 Å². The van der Waals surface area contributed by atoms with Gasteiger partial charge in [0, 0.05) is 0 Å². The van der Waals surface area contributed by atoms with Gasteiger partial charge in [0.1, 0.15) is 16.2 Å². The van der Waals surface area contributed by atoms with Crippen LogP contribution in [0, 0.1) is 6.92 Å². The second kappa shape index (κ2) is 2.17. The van der Waals surface area contributed by atoms with Crippen LogP contribution in [0.25, 0.3) is 10.3 Å². The summed E-state index contributed by atoms with van der Waals surface area (Å²) in [5.74, 6) is 0.524. The number of rotatable bonds is 0. The first-order valence-corrected chi connectivity index (χ1v) is 4.12. The maximum atomic E-state index is 5.58. The van der Waals surface area contributed by atoms with Crippen molar-refractivity contribution in [2.75, 3.05) is 5.73 Å². The molecule has 0 aromatic carbocycles. The second-order valence-corrected chi connectivity index (χ2v) is 3.20. The Labute approximate surface area is 67.9 Å². The van der Waals surface area contributed by atoms with E-state index in [1.807, 2.05) is 18.4 Å². The highest BCUT2D eigenvalue weighted by Crippen LogP contribution is 2.18. The molecule has 2 rings (SSSR count). The summed E-state index contributed by atoms with van der Waals surface area (Å²) < 4.78 is 0. The first-order valence-electron chi connectivity index (χ1n) is 3.24. The Hall–Kier alpha value is -1.16. The first-order chi connectivity index (χ1) is 5.27. The van der Waals surface area contributed by atoms with Gasteiger partial charge >= 0.3 is 0 Å². The zero-order valence-electron chi connectivity index (χ0n) is 6.03. The third-order valence-electron chi connectivity index (χ3n) is 1.51. The lowest BCUT2D eigenvalue weighted by Crippen LogP contribution is -1.95. The number of nitrogens with two attached hydrogens (primary N) is 1. The number of fused-ring (bicyclic) bond motifs is 1. The highest BCUT2D eigenvalue weighted by Gasteiger charge is 2.01. The van der Waals surface area contributed by atoms with Gasteiger partial charge in [0.15, 0.2) is 0 Å². The van der Waals surface area contributed by atoms with Gasteiger partial charge in [-0.1, -0.05) is 0 Å². The van der Waals surface area contributed by atoms with Gasteiger partial charge in [0.05, 0.1) is 5.69 Å². The van der Waals surface area contributed by atoms with Crippen molar-refractivity contribution >= 4 is 27.5 Å². The van der Waals surface area contributed by atoms with Crippen molar-refractivity contribution in [1.29, 1.82) is 0 Å². The summed E-state index contributed by atoms with van der Waals surface area (Å²) in [4.78, 5) is 9.38. The summed E-state index contributed by atoms with van der Waals surface area (Å²) >= 11 is 1.58. The van der Waals surface area contributed by atoms with Crippen LogP contribution >= 0.6 is 11.3 Å². The lowest BCUT2D eigenvalue weighted by molar-refractivity contribution is 1.21. The molecule has 0 amide bonds. The average molecular weight is 165 g/mol. The molecule has 0 spiro atoms. The van der Waals surface area contributed by atoms with Crippen molar-refractivity contribution in [2.24, 2.45) is 0 Å². The Morgan fingerprint density at radius 1 is 1.45 bits per heavy atom. The maximum absolute atomic E-state index is 5.58. The molecule has 3 nitrogen and oxygen atoms in total. The van der Waals surface area contributed by atoms with Crippen molar-refractivity contribution in [2.45, 2.75) is 6.92 Å². The summed E-state index contributed by atoms with van der Waals surface area (Å²) in [5.41, 5.74) is 7.27. The van der Waals surface area contributed by atoms with E-state index < -0.39 is 0 Å². The minimum Gasteiger partial charge on any atom is -0.382 e. The van der Waals surface area contributed by atoms with Gasteiger partial charge in [0.2, 0.25) is 0 Å². The highest BCUT2D eigenvalue weighted by atomic mass is 32.1. The number of nitrogen functional groups attached to an aromatic ring is 1. The molecule has 2 aromatic rings. The number of thiophene rings is 1. The zero-order valence-corrected chi connectivity index (χ0v) is 6.85. The first kappa shape index (κ1) is 6.54. The number of hydrogen-bond donors (Lipinski definition) is 1. The molecule has 2 heterocycles. The minimum atomic E-state index is 0.524. The van der Waals surface area contributed by atoms with E-state index in [0.29, 0.717) is 5.82 Å². The van der Waals surface area contributed by atoms with Gasteiger partial charge in [-0.25, -0.2) is 9.97 Å². The summed E-state index contributed by atoms with van der Waals surface area (Å²) in [6.07, 6.45) is 0. The van der Waals surface area contributed by atoms with E-state index in [9.17, 15) is 0 Å². The molecule has 2 aromatic heterocycles. The molecule has 0 unspecified atom stereocenters. The van der Waals surface area contributed by atoms with Crippen molar-refractivity contribution in [3.63, 3.8) is 0 Å². The monoisotopic (exact) mass is 165 g/mol. The lowest BCUT2D eigenvalue weighted by atomic mass is 10.4. The van der Waals surface area contributed by atoms with Crippen molar-refractivity contribution in [3.8, 4) is 0 Å². The van der Waals surface area contributed by atoms with E-state index in [1.165, 1.54) is 0 Å². The van der Waals surface area contributed by atoms with E-state index in [-0.39, 0.29) is 0 Å². The van der Waals surface area contributed by atoms with Crippen LogP contribution in [0.1, 0.15) is 5.69 Å². The third-order valence-corrected chi connectivity index (χ3v) is 2.30. The van der Waals surface area contributed by atoms with E-state index in [1.54, 1.807) is 11.3 Å². The molecule has 0 saturated carbocycles. The van der Waals surface area contributed by atoms with E-state index in [4.69, 9.17) is 5.73 Å². The van der Waals surface area contributed by atoms with Crippen molar-refractivity contribution < 1.29 is 0 Å². The SMILES string of the molecule is Cc1nc2sccc2nc1N. The van der Waals surface area contributed by atoms with Gasteiger partial charge in [0.25, 0.3) is 0 Å². The Bertz CT molecular complexity index is 357. The second-order valence-electron chi connectivity index (χ2n) is 2.31. The van der Waals surface area contributed by atoms with Gasteiger partial charge in [-0.2, -0.15) is 0 Å². The summed E-state index contributed by atoms with van der Waals surface area (Å²) in [5, 5.41) is 1.96. The number of aryl methyl sites for hydroxylation is 1. The normalized spacial score (nSPS) is 10.6. The standard InChI is InChI=1S/C7H7N3S/c1-4-6(8)10-5-2-3-11-7(5)9-4/h2-3H,1H3,(H2,8,10). The predicted molar refractivity (Wildman–Crippen MR) is 46.6 cm³/mol. The fraction of sp³-hybridized carbons (Fsp3) is 0.143. The molecule has 4 heteroatoms. The molecule has 0 bridgehead atoms. The van der Waals surface area contributed by atoms with Crippen LogP contribution in [0.2, 0.25) is 0 Å². The highest BCUT2D eigenvalue weighted by molar-refractivity contribution is 7.16. The maximum Gasteiger partial charge on any atom is 0.145 e. The van der Waals surface area contributed by atoms with E-state index >= 15 is 0 Å². The van der Waals surface area contributed by atoms with Crippen LogP contribution in [-0.2, 0) is 0 Å². The fourth-order valence-electron chi connectivity index (χ4n) is 0.884. The molecule has 56 valence electrons. The Morgan fingerprint density at radius 3 is 3.09 bits per heavy atom. The van der Waals surface area contributed by atoms with Crippen LogP contribution in [0.15, 0.2) is 11.4 Å². The predicted octanol–water partition coefficient (Wildman–Crippen LogP) is 1.58. The molecule has 0 aliphatic carbocycles. The Kier molecular flexibility index (Phi) is 1.29. The molecule has 0 radical (unpaired) electrons. The average Bonchev–Trinajstić information content (AvgIpc) is 2.36. The number of hydrogen-bond acceptors (Lipinski definition) is 4. The molecular weight excluding hydrogens is 158 g/mol. The summed E-state index contributed by atoms with van der Waals surface area (Å²) in [7, 11) is 0. The van der Waals surface area contributed by atoms with E-state index in [2.05, 4.69) is 9.97 Å². The smallest absolute Gasteiger partial charge is 0.145 e. The van der Waals surface area contributed by atoms with Gasteiger partial charge in [-0.15, -0.1) is 11.3 Å². The van der Waals surface area contributed by atoms with Crippen LogP contribution in [0.4, 0.5) is 5.82 Å². The van der Waals surface area contributed by atoms with Crippen LogP contribution in [0.5, 0.6) is 0 Å². The van der Waals surface area contributed by atoms with Gasteiger partial charge < -0.3 is 5.73 Å². The zero-order chi connectivity index (χ0) is 7.84. The van der Waals surface area contributed by atoms with Crippen LogP contribution < -0.4 is 5.73 Å². The molecule has 2 N–H and O–H groups in total. The van der Waals surface area contributed by atoms with Gasteiger partial charge in [-0.05, 0) is 18.4 Å². The topological polar surface area (TPSA) is 51.8 Å². The number of anilines is 1. The number of aromatic nitrogens is 2. The molecule has 0 atom stereocenters. The number of nitrogens with zero attached hydrogens (tertiary/aromatic N) is 2. The lowest BCUT2D eigenvalue weighted by Gasteiger charge is -1.95. The largest absolute Gasteiger partial charge is 0.382 e. The van der Waals surface area contributed by atoms with Crippen molar-refractivity contribution in [3.05, 3.63) is 17.1 Å². The fourth-order valence-corrected chi connectivity index (χ4v) is 1.63. The Morgan fingerprint density at radius 2 is 2.27 bits per heavy atom. The summed E-state index contributed by atoms with van der Waals surface area (Å²) in [6, 6.07) is 1.92. The molecule has 0 saturated heterocycles. The molecular formula is C7H7N3S. The molecule has 0 aliphatic rings. The molecule has 0 fully saturated rings. The Balaban J connectivity index is 2.86. The van der Waals surface area contributed by atoms with E-state index in [0.717, 1.165) is 16.0 Å². The minimum absolute atomic E-state index is 0.524.